The van der Waals surface area contributed by atoms with Crippen LogP contribution in [0.5, 0.6) is 5.75 Å². The summed E-state index contributed by atoms with van der Waals surface area (Å²) >= 11 is 5.99. The molecule has 14 heteroatoms. The third kappa shape index (κ3) is 7.62. The van der Waals surface area contributed by atoms with Gasteiger partial charge in [-0.2, -0.15) is 13.2 Å². The van der Waals surface area contributed by atoms with Crippen LogP contribution in [0.25, 0.3) is 0 Å². The van der Waals surface area contributed by atoms with E-state index in [4.69, 9.17) is 11.6 Å². The molecule has 0 radical (unpaired) electrons. The lowest BCUT2D eigenvalue weighted by molar-refractivity contribution is -0.138. The molecule has 4 aliphatic rings. The summed E-state index contributed by atoms with van der Waals surface area (Å²) < 4.78 is 41.1. The molecule has 10 nitrogen and oxygen atoms in total. The van der Waals surface area contributed by atoms with Crippen LogP contribution < -0.4 is 10.6 Å². The molecule has 0 saturated carbocycles. The van der Waals surface area contributed by atoms with Gasteiger partial charge in [-0.05, 0) is 87.4 Å². The molecule has 2 aromatic rings. The summed E-state index contributed by atoms with van der Waals surface area (Å²) in [4.78, 5) is 48.1. The number of hydrogen-bond acceptors (Lipinski definition) is 5. The quantitative estimate of drug-likeness (QED) is 0.380. The summed E-state index contributed by atoms with van der Waals surface area (Å²) in [5.74, 6) is -1.44. The van der Waals surface area contributed by atoms with E-state index in [1.165, 1.54) is 18.9 Å². The van der Waals surface area contributed by atoms with Crippen LogP contribution in [0, 0.1) is 0 Å². The Morgan fingerprint density at radius 1 is 0.938 bits per heavy atom. The monoisotopic (exact) mass is 690 g/mol. The molecular weight excluding hydrogens is 649 g/mol. The van der Waals surface area contributed by atoms with Crippen LogP contribution in [0.15, 0.2) is 36.4 Å². The van der Waals surface area contributed by atoms with E-state index in [9.17, 15) is 32.7 Å². The van der Waals surface area contributed by atoms with Crippen LogP contribution in [0.2, 0.25) is 5.02 Å². The van der Waals surface area contributed by atoms with Gasteiger partial charge in [-0.1, -0.05) is 29.8 Å². The summed E-state index contributed by atoms with van der Waals surface area (Å²) in [7, 11) is 0. The van der Waals surface area contributed by atoms with E-state index in [0.29, 0.717) is 58.0 Å². The maximum atomic E-state index is 13.9. The van der Waals surface area contributed by atoms with Crippen molar-refractivity contribution in [1.82, 2.24) is 24.9 Å². The summed E-state index contributed by atoms with van der Waals surface area (Å²) in [6.45, 7) is 4.32. The lowest BCUT2D eigenvalue weighted by atomic mass is 9.99. The number of aromatic hydroxyl groups is 1. The van der Waals surface area contributed by atoms with Gasteiger partial charge >= 0.3 is 18.2 Å². The van der Waals surface area contributed by atoms with E-state index < -0.39 is 34.6 Å². The van der Waals surface area contributed by atoms with Crippen molar-refractivity contribution in [2.75, 3.05) is 51.1 Å². The van der Waals surface area contributed by atoms with Gasteiger partial charge in [0.05, 0.1) is 10.6 Å². The van der Waals surface area contributed by atoms with Crippen LogP contribution in [-0.4, -0.2) is 107 Å². The number of urea groups is 2. The number of halogens is 4. The number of likely N-dealkylation sites (tertiary alicyclic amines) is 3. The van der Waals surface area contributed by atoms with E-state index in [1.54, 1.807) is 9.80 Å². The molecule has 0 unspecified atom stereocenters. The van der Waals surface area contributed by atoms with Gasteiger partial charge in [-0.15, -0.1) is 0 Å². The highest BCUT2D eigenvalue weighted by atomic mass is 35.5. The van der Waals surface area contributed by atoms with Gasteiger partial charge in [-0.25, -0.2) is 9.59 Å². The molecule has 3 saturated heterocycles. The molecule has 0 bridgehead atoms. The minimum atomic E-state index is -4.86. The van der Waals surface area contributed by atoms with E-state index >= 15 is 0 Å². The van der Waals surface area contributed by atoms with Gasteiger partial charge in [0.1, 0.15) is 11.8 Å². The summed E-state index contributed by atoms with van der Waals surface area (Å²) in [5.41, 5.74) is 0.646. The molecule has 0 spiro atoms. The number of para-hydroxylation sites is 1. The number of carbonyl (C=O) groups is 3. The Morgan fingerprint density at radius 2 is 1.58 bits per heavy atom. The second kappa shape index (κ2) is 14.4. The number of hydrogen-bond donors (Lipinski definition) is 3. The van der Waals surface area contributed by atoms with Gasteiger partial charge in [0, 0.05) is 56.9 Å². The second-order valence-electron chi connectivity index (χ2n) is 13.2. The number of nitrogens with one attached hydrogen (secondary N) is 2. The SMILES string of the molecule is O=C(N[C@H](Cc1cc(Cl)c(O)c(C(F)(F)F)c1)C(=O)N1CCC(N2CCCC2)CC1)N1CCC(N2CCc3ccccc3NC2=O)CC1. The molecule has 2 aromatic carbocycles. The van der Waals surface area contributed by atoms with Gasteiger partial charge in [0.2, 0.25) is 5.91 Å². The standard InChI is InChI=1S/C34H42ClF3N6O4/c35-27-20-22(19-26(30(27)45)34(36,37)38)21-29(31(46)42-14-8-24(9-15-42)41-12-3-4-13-41)40-32(47)43-16-10-25(11-17-43)44-18-7-23-5-1-2-6-28(23)39-33(44)48/h1-2,5-6,19-20,24-25,29,45H,3-4,7-18,21H2,(H,39,48)(H,40,47)/t29-/m1/s1. The molecule has 48 heavy (non-hydrogen) atoms. The number of amides is 5. The van der Waals surface area contributed by atoms with Crippen LogP contribution in [0.3, 0.4) is 0 Å². The third-order valence-electron chi connectivity index (χ3n) is 10.2. The molecule has 0 aliphatic carbocycles. The number of anilines is 1. The Kier molecular flexibility index (Phi) is 10.3. The zero-order chi connectivity index (χ0) is 34.0. The number of fused-ring (bicyclic) bond motifs is 1. The average Bonchev–Trinajstić information content (AvgIpc) is 3.56. The van der Waals surface area contributed by atoms with Gasteiger partial charge < -0.3 is 35.3 Å². The van der Waals surface area contributed by atoms with E-state index in [1.807, 2.05) is 29.2 Å². The van der Waals surface area contributed by atoms with Gasteiger partial charge in [0.25, 0.3) is 0 Å². The second-order valence-corrected chi connectivity index (χ2v) is 13.6. The molecular formula is C34H42ClF3N6O4. The van der Waals surface area contributed by atoms with Crippen molar-refractivity contribution in [1.29, 1.82) is 0 Å². The molecule has 260 valence electrons. The predicted octanol–water partition coefficient (Wildman–Crippen LogP) is 5.33. The topological polar surface area (TPSA) is 108 Å². The fourth-order valence-corrected chi connectivity index (χ4v) is 7.80. The number of phenolic OH excluding ortho intramolecular Hbond substituents is 1. The first-order valence-electron chi connectivity index (χ1n) is 16.8. The number of nitrogens with zero attached hydrogens (tertiary/aromatic N) is 4. The van der Waals surface area contributed by atoms with E-state index in [0.717, 1.165) is 43.2 Å². The fourth-order valence-electron chi connectivity index (χ4n) is 7.56. The molecule has 3 fully saturated rings. The molecule has 5 amide bonds. The van der Waals surface area contributed by atoms with Crippen LogP contribution >= 0.6 is 11.6 Å². The van der Waals surface area contributed by atoms with E-state index in [-0.39, 0.29) is 30.0 Å². The number of benzene rings is 2. The Bertz CT molecular complexity index is 1500. The number of alkyl halides is 3. The molecule has 1 atom stereocenters. The van der Waals surface area contributed by atoms with Crippen molar-refractivity contribution in [2.45, 2.75) is 75.7 Å². The van der Waals surface area contributed by atoms with Crippen molar-refractivity contribution in [3.63, 3.8) is 0 Å². The predicted molar refractivity (Wildman–Crippen MR) is 175 cm³/mol. The largest absolute Gasteiger partial charge is 0.506 e. The maximum Gasteiger partial charge on any atom is 0.420 e. The van der Waals surface area contributed by atoms with Gasteiger partial charge in [0.15, 0.2) is 0 Å². The smallest absolute Gasteiger partial charge is 0.420 e. The average molecular weight is 691 g/mol. The van der Waals surface area contributed by atoms with Crippen LogP contribution in [-0.2, 0) is 23.8 Å². The maximum absolute atomic E-state index is 13.9. The first-order valence-corrected chi connectivity index (χ1v) is 17.2. The minimum Gasteiger partial charge on any atom is -0.506 e. The summed E-state index contributed by atoms with van der Waals surface area (Å²) in [6, 6.07) is 8.19. The highest BCUT2D eigenvalue weighted by molar-refractivity contribution is 6.32. The number of rotatable bonds is 6. The third-order valence-corrected chi connectivity index (χ3v) is 10.5. The van der Waals surface area contributed by atoms with Gasteiger partial charge in [-0.3, -0.25) is 4.79 Å². The Balaban J connectivity index is 1.12. The molecule has 0 aromatic heterocycles. The Labute approximate surface area is 283 Å². The summed E-state index contributed by atoms with van der Waals surface area (Å²) in [5, 5.41) is 15.3. The van der Waals surface area contributed by atoms with E-state index in [2.05, 4.69) is 15.5 Å². The number of piperidine rings is 2. The Morgan fingerprint density at radius 3 is 2.27 bits per heavy atom. The van der Waals surface area contributed by atoms with Crippen LogP contribution in [0.1, 0.15) is 55.2 Å². The lowest BCUT2D eigenvalue weighted by Crippen LogP contribution is -2.57. The van der Waals surface area contributed by atoms with Crippen molar-refractivity contribution in [3.8, 4) is 5.75 Å². The zero-order valence-electron chi connectivity index (χ0n) is 26.8. The number of phenols is 1. The summed E-state index contributed by atoms with van der Waals surface area (Å²) in [6.07, 6.45) is 0.623. The molecule has 4 heterocycles. The van der Waals surface area contributed by atoms with Crippen molar-refractivity contribution in [3.05, 3.63) is 58.1 Å². The van der Waals surface area contributed by atoms with Crippen molar-refractivity contribution in [2.24, 2.45) is 0 Å². The normalized spacial score (nSPS) is 20.7. The number of carbonyl (C=O) groups excluding carboxylic acids is 3. The first kappa shape index (κ1) is 34.2. The molecule has 4 aliphatic heterocycles. The Hall–Kier alpha value is -3.71. The minimum absolute atomic E-state index is 0.0716. The van der Waals surface area contributed by atoms with Crippen LogP contribution in [0.4, 0.5) is 28.4 Å². The highest BCUT2D eigenvalue weighted by Gasteiger charge is 2.38. The zero-order valence-corrected chi connectivity index (χ0v) is 27.5. The lowest BCUT2D eigenvalue weighted by Gasteiger charge is -2.39. The molecule has 6 rings (SSSR count). The first-order chi connectivity index (χ1) is 23.0. The fraction of sp³-hybridized carbons (Fsp3) is 0.559. The van der Waals surface area contributed by atoms with Crippen molar-refractivity contribution < 1.29 is 32.7 Å². The highest BCUT2D eigenvalue weighted by Crippen LogP contribution is 2.40. The molecule has 3 N–H and O–H groups in total. The van der Waals surface area contributed by atoms with Crippen molar-refractivity contribution >= 4 is 35.3 Å².